The van der Waals surface area contributed by atoms with E-state index in [4.69, 9.17) is 17.0 Å². The molecule has 0 bridgehead atoms. The van der Waals surface area contributed by atoms with Gasteiger partial charge in [0, 0.05) is 12.1 Å². The summed E-state index contributed by atoms with van der Waals surface area (Å²) in [5, 5.41) is 6.56. The minimum absolute atomic E-state index is 0.0317. The number of thiocarbonyl (C=S) groups is 1. The second-order valence-electron chi connectivity index (χ2n) is 4.46. The average Bonchev–Trinajstić information content (AvgIpc) is 2.69. The Balaban J connectivity index is 1.85. The molecule has 1 aromatic rings. The van der Waals surface area contributed by atoms with E-state index in [1.54, 1.807) is 7.11 Å². The van der Waals surface area contributed by atoms with Crippen molar-refractivity contribution in [2.45, 2.75) is 12.5 Å². The van der Waals surface area contributed by atoms with Crippen LogP contribution in [0.2, 0.25) is 0 Å². The molecule has 5 nitrogen and oxygen atoms in total. The first-order valence-electron chi connectivity index (χ1n) is 5.92. The number of rotatable bonds is 3. The predicted octanol–water partition coefficient (Wildman–Crippen LogP) is 1.73. The Morgan fingerprint density at radius 1 is 1.47 bits per heavy atom. The van der Waals surface area contributed by atoms with Crippen LogP contribution in [0.1, 0.15) is 6.42 Å². The molecule has 7 heteroatoms. The van der Waals surface area contributed by atoms with E-state index < -0.39 is 10.2 Å². The molecule has 1 fully saturated rings. The fourth-order valence-electron chi connectivity index (χ4n) is 1.95. The summed E-state index contributed by atoms with van der Waals surface area (Å²) in [5.74, 6) is 1.38. The normalized spacial score (nSPS) is 25.9. The molecule has 104 valence electrons. The third-order valence-corrected chi connectivity index (χ3v) is 4.95. The maximum atomic E-state index is 11.4. The molecule has 0 aliphatic carbocycles. The van der Waals surface area contributed by atoms with Crippen molar-refractivity contribution in [1.29, 1.82) is 0 Å². The number of methoxy groups -OCH3 is 1. The molecule has 0 spiro atoms. The lowest BCUT2D eigenvalue weighted by molar-refractivity contribution is 0.415. The first-order valence-corrected chi connectivity index (χ1v) is 8.18. The Morgan fingerprint density at radius 3 is 2.68 bits per heavy atom. The standard InChI is InChI=1S/C12H16N2O3S2/c1-17-11-4-2-9(3-5-11)13-12(18)14-10-6-7-19(15,16)8-10/h2-5,10H,6-8H2,1H3,(H2-,13,14,15,16,18)/p+1/t10-/m1/s1. The second kappa shape index (κ2) is 5.85. The average molecular weight is 301 g/mol. The van der Waals surface area contributed by atoms with Crippen LogP contribution in [-0.4, -0.2) is 34.3 Å². The summed E-state index contributed by atoms with van der Waals surface area (Å²) in [6.07, 6.45) is 0.666. The highest BCUT2D eigenvalue weighted by atomic mass is 32.3. The molecule has 2 rings (SSSR count). The molecule has 1 aliphatic heterocycles. The van der Waals surface area contributed by atoms with E-state index in [-0.39, 0.29) is 11.8 Å². The van der Waals surface area contributed by atoms with Crippen LogP contribution in [0, 0.1) is 0 Å². The molecular formula is C12H17N2O3S2+. The number of anilines is 1. The largest absolute Gasteiger partial charge is 0.497 e. The van der Waals surface area contributed by atoms with Crippen LogP contribution < -0.4 is 15.4 Å². The minimum atomic E-state index is -2.64. The lowest BCUT2D eigenvalue weighted by Gasteiger charge is -2.13. The second-order valence-corrected chi connectivity index (χ2v) is 7.15. The highest BCUT2D eigenvalue weighted by Crippen LogP contribution is 2.17. The summed E-state index contributed by atoms with van der Waals surface area (Å²) in [6, 6.07) is 7.35. The van der Waals surface area contributed by atoms with Gasteiger partial charge >= 0.3 is 0 Å². The van der Waals surface area contributed by atoms with Gasteiger partial charge in [-0.3, -0.25) is 0 Å². The van der Waals surface area contributed by atoms with Gasteiger partial charge in [0.1, 0.15) is 11.5 Å². The van der Waals surface area contributed by atoms with Gasteiger partial charge in [0.2, 0.25) is 10.2 Å². The van der Waals surface area contributed by atoms with Crippen molar-refractivity contribution in [3.05, 3.63) is 24.3 Å². The summed E-state index contributed by atoms with van der Waals surface area (Å²) < 4.78 is 25.9. The van der Waals surface area contributed by atoms with Gasteiger partial charge in [0.25, 0.3) is 0 Å². The molecule has 2 atom stereocenters. The van der Waals surface area contributed by atoms with E-state index in [1.807, 2.05) is 24.3 Å². The van der Waals surface area contributed by atoms with Crippen molar-refractivity contribution >= 4 is 33.2 Å². The van der Waals surface area contributed by atoms with Crippen LogP contribution in [0.25, 0.3) is 0 Å². The fourth-order valence-corrected chi connectivity index (χ4v) is 3.93. The zero-order valence-electron chi connectivity index (χ0n) is 10.6. The van der Waals surface area contributed by atoms with E-state index in [0.29, 0.717) is 17.3 Å². The number of nitrogens with one attached hydrogen (secondary N) is 2. The lowest BCUT2D eigenvalue weighted by Crippen LogP contribution is -2.38. The first kappa shape index (κ1) is 14.2. The van der Waals surface area contributed by atoms with Crippen molar-refractivity contribution in [2.75, 3.05) is 23.9 Å². The van der Waals surface area contributed by atoms with Gasteiger partial charge in [-0.1, -0.05) is 4.21 Å². The van der Waals surface area contributed by atoms with Crippen LogP contribution >= 0.6 is 12.2 Å². The van der Waals surface area contributed by atoms with Crippen molar-refractivity contribution in [1.82, 2.24) is 5.32 Å². The SMILES string of the molecule is COc1ccc(NC(=S)N[C@@H]2CC[S+](=O)(O)C2)cc1. The van der Waals surface area contributed by atoms with Gasteiger partial charge < -0.3 is 15.4 Å². The molecule has 1 aromatic carbocycles. The number of hydrogen-bond acceptors (Lipinski definition) is 3. The van der Waals surface area contributed by atoms with Crippen LogP contribution in [-0.2, 0) is 14.4 Å². The summed E-state index contributed by atoms with van der Waals surface area (Å²) in [4.78, 5) is 0. The molecule has 0 saturated carbocycles. The van der Waals surface area contributed by atoms with E-state index in [9.17, 15) is 8.76 Å². The molecule has 19 heavy (non-hydrogen) atoms. The number of ether oxygens (including phenoxy) is 1. The summed E-state index contributed by atoms with van der Waals surface area (Å²) >= 11 is 5.18. The molecule has 1 saturated heterocycles. The van der Waals surface area contributed by atoms with E-state index in [1.165, 1.54) is 0 Å². The van der Waals surface area contributed by atoms with E-state index in [2.05, 4.69) is 10.6 Å². The van der Waals surface area contributed by atoms with Crippen molar-refractivity contribution in [3.8, 4) is 5.75 Å². The molecule has 0 radical (unpaired) electrons. The van der Waals surface area contributed by atoms with Crippen molar-refractivity contribution < 1.29 is 13.5 Å². The number of benzene rings is 1. The van der Waals surface area contributed by atoms with Gasteiger partial charge in [-0.05, 0) is 36.5 Å². The predicted molar refractivity (Wildman–Crippen MR) is 81.2 cm³/mol. The van der Waals surface area contributed by atoms with Gasteiger partial charge in [0.15, 0.2) is 10.9 Å². The Hall–Kier alpha value is -1.18. The molecule has 1 unspecified atom stereocenters. The Morgan fingerprint density at radius 2 is 2.16 bits per heavy atom. The molecular weight excluding hydrogens is 284 g/mol. The summed E-state index contributed by atoms with van der Waals surface area (Å²) in [5.41, 5.74) is 0.848. The smallest absolute Gasteiger partial charge is 0.216 e. The highest BCUT2D eigenvalue weighted by Gasteiger charge is 2.38. The molecule has 3 N–H and O–H groups in total. The van der Waals surface area contributed by atoms with Crippen molar-refractivity contribution in [2.24, 2.45) is 0 Å². The minimum Gasteiger partial charge on any atom is -0.497 e. The molecule has 0 aromatic heterocycles. The van der Waals surface area contributed by atoms with Gasteiger partial charge in [-0.2, -0.15) is 4.55 Å². The molecule has 1 heterocycles. The zero-order chi connectivity index (χ0) is 13.9. The maximum absolute atomic E-state index is 11.4. The third-order valence-electron chi connectivity index (χ3n) is 2.93. The monoisotopic (exact) mass is 301 g/mol. The van der Waals surface area contributed by atoms with Crippen LogP contribution in [0.15, 0.2) is 24.3 Å². The lowest BCUT2D eigenvalue weighted by atomic mass is 10.3. The summed E-state index contributed by atoms with van der Waals surface area (Å²) in [7, 11) is -1.03. The van der Waals surface area contributed by atoms with Crippen LogP contribution in [0.3, 0.4) is 0 Å². The van der Waals surface area contributed by atoms with Crippen molar-refractivity contribution in [3.63, 3.8) is 0 Å². The zero-order valence-corrected chi connectivity index (χ0v) is 12.2. The van der Waals surface area contributed by atoms with Gasteiger partial charge in [-0.15, -0.1) is 0 Å². The first-order chi connectivity index (χ1) is 8.98. The molecule has 0 amide bonds. The number of hydrogen-bond donors (Lipinski definition) is 3. The fraction of sp³-hybridized carbons (Fsp3) is 0.417. The topological polar surface area (TPSA) is 70.6 Å². The Kier molecular flexibility index (Phi) is 4.38. The quantitative estimate of drug-likeness (QED) is 0.583. The van der Waals surface area contributed by atoms with E-state index in [0.717, 1.165) is 11.4 Å². The van der Waals surface area contributed by atoms with Crippen LogP contribution in [0.4, 0.5) is 5.69 Å². The van der Waals surface area contributed by atoms with Crippen LogP contribution in [0.5, 0.6) is 5.75 Å². The molecule has 1 aliphatic rings. The summed E-state index contributed by atoms with van der Waals surface area (Å²) in [6.45, 7) is 0. The van der Waals surface area contributed by atoms with E-state index >= 15 is 0 Å². The Labute approximate surface area is 119 Å². The maximum Gasteiger partial charge on any atom is 0.216 e. The third kappa shape index (κ3) is 4.15. The van der Waals surface area contributed by atoms with Gasteiger partial charge in [-0.25, -0.2) is 0 Å². The Bertz CT molecular complexity index is 504. The van der Waals surface area contributed by atoms with Gasteiger partial charge in [0.05, 0.1) is 13.2 Å². The highest BCUT2D eigenvalue weighted by molar-refractivity contribution is 7.98.